The molecule has 0 spiro atoms. The molecule has 1 aliphatic rings. The van der Waals surface area contributed by atoms with Crippen LogP contribution in [0.3, 0.4) is 0 Å². The average Bonchev–Trinajstić information content (AvgIpc) is 1.90. The van der Waals surface area contributed by atoms with Crippen LogP contribution >= 0.6 is 0 Å². The van der Waals surface area contributed by atoms with E-state index in [1.165, 1.54) is 0 Å². The Balaban J connectivity index is 2.82. The van der Waals surface area contributed by atoms with E-state index < -0.39 is 0 Å². The van der Waals surface area contributed by atoms with Gasteiger partial charge in [-0.1, -0.05) is 24.3 Å². The molecule has 46 valence electrons. The Morgan fingerprint density at radius 2 is 2.00 bits per heavy atom. The SMILES string of the molecule is CC1(C#N)C=CCC=C1. The standard InChI is InChI=1S/C8H9N/c1-8(7-9)5-3-2-4-6-8/h3-6H,2H2,1H3. The lowest BCUT2D eigenvalue weighted by Gasteiger charge is -2.13. The van der Waals surface area contributed by atoms with Crippen LogP contribution in [0.25, 0.3) is 0 Å². The molecule has 0 radical (unpaired) electrons. The summed E-state index contributed by atoms with van der Waals surface area (Å²) in [6, 6.07) is 2.21. The summed E-state index contributed by atoms with van der Waals surface area (Å²) in [5, 5.41) is 8.60. The Morgan fingerprint density at radius 1 is 1.44 bits per heavy atom. The van der Waals surface area contributed by atoms with Gasteiger partial charge in [0.2, 0.25) is 0 Å². The molecule has 0 saturated carbocycles. The number of allylic oxidation sites excluding steroid dienone is 4. The van der Waals surface area contributed by atoms with Crippen LogP contribution in [0.15, 0.2) is 24.3 Å². The second-order valence-electron chi connectivity index (χ2n) is 2.43. The van der Waals surface area contributed by atoms with E-state index in [2.05, 4.69) is 6.07 Å². The third-order valence-electron chi connectivity index (χ3n) is 1.44. The van der Waals surface area contributed by atoms with Crippen molar-refractivity contribution in [2.24, 2.45) is 5.41 Å². The highest BCUT2D eigenvalue weighted by atomic mass is 14.3. The van der Waals surface area contributed by atoms with Gasteiger partial charge < -0.3 is 0 Å². The van der Waals surface area contributed by atoms with Crippen molar-refractivity contribution >= 4 is 0 Å². The molecule has 0 aromatic carbocycles. The van der Waals surface area contributed by atoms with Gasteiger partial charge in [0.15, 0.2) is 0 Å². The predicted molar refractivity (Wildman–Crippen MR) is 36.6 cm³/mol. The minimum atomic E-state index is -0.335. The van der Waals surface area contributed by atoms with E-state index in [4.69, 9.17) is 5.26 Å². The summed E-state index contributed by atoms with van der Waals surface area (Å²) in [6.07, 6.45) is 8.88. The molecule has 0 fully saturated rings. The third kappa shape index (κ3) is 1.20. The lowest BCUT2D eigenvalue weighted by atomic mass is 9.88. The topological polar surface area (TPSA) is 23.8 Å². The van der Waals surface area contributed by atoms with Gasteiger partial charge in [-0.25, -0.2) is 0 Å². The summed E-state index contributed by atoms with van der Waals surface area (Å²) in [5.41, 5.74) is -0.335. The maximum Gasteiger partial charge on any atom is 0.0905 e. The highest BCUT2D eigenvalue weighted by Crippen LogP contribution is 2.22. The molecule has 0 heterocycles. The first-order chi connectivity index (χ1) is 4.27. The van der Waals surface area contributed by atoms with Gasteiger partial charge in [0.05, 0.1) is 11.5 Å². The second kappa shape index (κ2) is 2.06. The van der Waals surface area contributed by atoms with Gasteiger partial charge in [-0.05, 0) is 13.3 Å². The highest BCUT2D eigenvalue weighted by Gasteiger charge is 2.16. The second-order valence-corrected chi connectivity index (χ2v) is 2.43. The van der Waals surface area contributed by atoms with Gasteiger partial charge in [0.25, 0.3) is 0 Å². The Bertz CT molecular complexity index is 181. The molecule has 0 aliphatic heterocycles. The summed E-state index contributed by atoms with van der Waals surface area (Å²) in [6.45, 7) is 1.90. The molecule has 0 atom stereocenters. The van der Waals surface area contributed by atoms with Gasteiger partial charge in [0, 0.05) is 0 Å². The smallest absolute Gasteiger partial charge is 0.0905 e. The molecule has 1 aliphatic carbocycles. The van der Waals surface area contributed by atoms with E-state index in [0.717, 1.165) is 6.42 Å². The van der Waals surface area contributed by atoms with Crippen molar-refractivity contribution in [1.82, 2.24) is 0 Å². The zero-order chi connectivity index (χ0) is 6.74. The van der Waals surface area contributed by atoms with Gasteiger partial charge >= 0.3 is 0 Å². The van der Waals surface area contributed by atoms with E-state index in [0.29, 0.717) is 0 Å². The Hall–Kier alpha value is -1.03. The molecular formula is C8H9N. The van der Waals surface area contributed by atoms with Gasteiger partial charge in [-0.2, -0.15) is 5.26 Å². The molecule has 0 N–H and O–H groups in total. The zero-order valence-corrected chi connectivity index (χ0v) is 5.46. The van der Waals surface area contributed by atoms with E-state index in [1.807, 2.05) is 31.2 Å². The normalized spacial score (nSPS) is 21.3. The zero-order valence-electron chi connectivity index (χ0n) is 5.46. The van der Waals surface area contributed by atoms with E-state index in [-0.39, 0.29) is 5.41 Å². The first-order valence-corrected chi connectivity index (χ1v) is 3.03. The molecule has 9 heavy (non-hydrogen) atoms. The van der Waals surface area contributed by atoms with Crippen molar-refractivity contribution in [3.8, 4) is 6.07 Å². The van der Waals surface area contributed by atoms with Crippen LogP contribution in [0.2, 0.25) is 0 Å². The molecule has 0 bridgehead atoms. The number of nitrogens with zero attached hydrogens (tertiary/aromatic N) is 1. The Labute approximate surface area is 55.3 Å². The van der Waals surface area contributed by atoms with Crippen LogP contribution in [0, 0.1) is 16.7 Å². The summed E-state index contributed by atoms with van der Waals surface area (Å²) in [5.74, 6) is 0. The number of hydrogen-bond acceptors (Lipinski definition) is 1. The monoisotopic (exact) mass is 119 g/mol. The van der Waals surface area contributed by atoms with E-state index >= 15 is 0 Å². The van der Waals surface area contributed by atoms with Crippen LogP contribution in [0.1, 0.15) is 13.3 Å². The largest absolute Gasteiger partial charge is 0.197 e. The fourth-order valence-electron chi connectivity index (χ4n) is 0.834. The molecule has 0 saturated heterocycles. The van der Waals surface area contributed by atoms with Crippen LogP contribution in [0.4, 0.5) is 0 Å². The van der Waals surface area contributed by atoms with Crippen LogP contribution < -0.4 is 0 Å². The summed E-state index contributed by atoms with van der Waals surface area (Å²) >= 11 is 0. The summed E-state index contributed by atoms with van der Waals surface area (Å²) in [7, 11) is 0. The number of rotatable bonds is 0. The Kier molecular flexibility index (Phi) is 1.40. The van der Waals surface area contributed by atoms with Crippen molar-refractivity contribution in [3.63, 3.8) is 0 Å². The van der Waals surface area contributed by atoms with Crippen molar-refractivity contribution in [3.05, 3.63) is 24.3 Å². The maximum absolute atomic E-state index is 8.60. The van der Waals surface area contributed by atoms with Crippen LogP contribution in [-0.4, -0.2) is 0 Å². The van der Waals surface area contributed by atoms with Crippen molar-refractivity contribution in [2.45, 2.75) is 13.3 Å². The summed E-state index contributed by atoms with van der Waals surface area (Å²) in [4.78, 5) is 0. The minimum Gasteiger partial charge on any atom is -0.197 e. The average molecular weight is 119 g/mol. The minimum absolute atomic E-state index is 0.335. The van der Waals surface area contributed by atoms with Crippen molar-refractivity contribution < 1.29 is 0 Å². The molecular weight excluding hydrogens is 110 g/mol. The number of hydrogen-bond donors (Lipinski definition) is 0. The fraction of sp³-hybridized carbons (Fsp3) is 0.375. The maximum atomic E-state index is 8.60. The Morgan fingerprint density at radius 3 is 2.33 bits per heavy atom. The predicted octanol–water partition coefficient (Wildman–Crippen LogP) is 2.03. The summed E-state index contributed by atoms with van der Waals surface area (Å²) < 4.78 is 0. The lowest BCUT2D eigenvalue weighted by molar-refractivity contribution is 0.720. The number of nitriles is 1. The van der Waals surface area contributed by atoms with Crippen molar-refractivity contribution in [1.29, 1.82) is 5.26 Å². The first kappa shape index (κ1) is 6.10. The molecule has 1 rings (SSSR count). The molecule has 1 heteroatoms. The molecule has 1 nitrogen and oxygen atoms in total. The van der Waals surface area contributed by atoms with E-state index in [1.54, 1.807) is 0 Å². The highest BCUT2D eigenvalue weighted by molar-refractivity contribution is 5.24. The third-order valence-corrected chi connectivity index (χ3v) is 1.44. The fourth-order valence-corrected chi connectivity index (χ4v) is 0.834. The molecule has 0 aromatic heterocycles. The lowest BCUT2D eigenvalue weighted by Crippen LogP contribution is -2.06. The van der Waals surface area contributed by atoms with Gasteiger partial charge in [-0.3, -0.25) is 0 Å². The quantitative estimate of drug-likeness (QED) is 0.447. The van der Waals surface area contributed by atoms with Crippen molar-refractivity contribution in [2.75, 3.05) is 0 Å². The first-order valence-electron chi connectivity index (χ1n) is 3.03. The van der Waals surface area contributed by atoms with Crippen LogP contribution in [0.5, 0.6) is 0 Å². The molecule has 0 aromatic rings. The molecule has 0 amide bonds. The van der Waals surface area contributed by atoms with Crippen LogP contribution in [-0.2, 0) is 0 Å². The van der Waals surface area contributed by atoms with Gasteiger partial charge in [-0.15, -0.1) is 0 Å². The van der Waals surface area contributed by atoms with Gasteiger partial charge in [0.1, 0.15) is 0 Å². The van der Waals surface area contributed by atoms with E-state index in [9.17, 15) is 0 Å². The molecule has 0 unspecified atom stereocenters.